The zero-order valence-electron chi connectivity index (χ0n) is 14.8. The summed E-state index contributed by atoms with van der Waals surface area (Å²) < 4.78 is 1.77. The summed E-state index contributed by atoms with van der Waals surface area (Å²) in [5.74, 6) is 0.706. The van der Waals surface area contributed by atoms with Gasteiger partial charge >= 0.3 is 0 Å². The lowest BCUT2D eigenvalue weighted by Gasteiger charge is -2.08. The smallest absolute Gasteiger partial charge is 0.139 e. The van der Waals surface area contributed by atoms with E-state index in [1.807, 2.05) is 38.1 Å². The molecule has 26 heavy (non-hydrogen) atoms. The third-order valence-electron chi connectivity index (χ3n) is 4.01. The molecule has 1 heterocycles. The molecule has 0 radical (unpaired) electrons. The number of aromatic hydroxyl groups is 1. The van der Waals surface area contributed by atoms with Crippen LogP contribution in [0.25, 0.3) is 16.9 Å². The van der Waals surface area contributed by atoms with Crippen LogP contribution in [0, 0.1) is 5.92 Å². The first-order valence-electron chi connectivity index (χ1n) is 8.58. The van der Waals surface area contributed by atoms with Crippen molar-refractivity contribution in [2.75, 3.05) is 0 Å². The van der Waals surface area contributed by atoms with E-state index in [0.717, 1.165) is 22.6 Å². The van der Waals surface area contributed by atoms with Gasteiger partial charge in [0.2, 0.25) is 0 Å². The highest BCUT2D eigenvalue weighted by Gasteiger charge is 2.15. The second-order valence-corrected chi connectivity index (χ2v) is 7.21. The van der Waals surface area contributed by atoms with Crippen LogP contribution in [0.15, 0.2) is 54.6 Å². The molecule has 5 heteroatoms. The molecule has 0 saturated heterocycles. The van der Waals surface area contributed by atoms with Crippen LogP contribution < -0.4 is 0 Å². The lowest BCUT2D eigenvalue weighted by atomic mass is 10.0. The van der Waals surface area contributed by atoms with Gasteiger partial charge in [0.25, 0.3) is 0 Å². The molecule has 0 atom stereocenters. The predicted octanol–water partition coefficient (Wildman–Crippen LogP) is 5.06. The van der Waals surface area contributed by atoms with Crippen molar-refractivity contribution in [3.8, 4) is 22.7 Å². The Hall–Kier alpha value is -2.59. The summed E-state index contributed by atoms with van der Waals surface area (Å²) >= 11 is 6.13. The molecule has 0 aliphatic heterocycles. The van der Waals surface area contributed by atoms with Gasteiger partial charge < -0.3 is 5.11 Å². The quantitative estimate of drug-likeness (QED) is 0.661. The van der Waals surface area contributed by atoms with Gasteiger partial charge in [0.1, 0.15) is 11.5 Å². The van der Waals surface area contributed by atoms with Crippen molar-refractivity contribution < 1.29 is 9.90 Å². The normalized spacial score (nSPS) is 11.1. The van der Waals surface area contributed by atoms with Crippen molar-refractivity contribution in [2.45, 2.75) is 26.7 Å². The summed E-state index contributed by atoms with van der Waals surface area (Å²) in [7, 11) is 0. The molecular formula is C21H21ClN2O2. The van der Waals surface area contributed by atoms with E-state index >= 15 is 0 Å². The first kappa shape index (κ1) is 18.2. The molecule has 0 amide bonds. The molecular weight excluding hydrogens is 348 g/mol. The van der Waals surface area contributed by atoms with Gasteiger partial charge in [-0.3, -0.25) is 4.79 Å². The van der Waals surface area contributed by atoms with Gasteiger partial charge in [0.05, 0.1) is 17.1 Å². The van der Waals surface area contributed by atoms with Crippen LogP contribution in [0.4, 0.5) is 0 Å². The molecule has 0 aliphatic rings. The number of hydrogen-bond acceptors (Lipinski definition) is 3. The molecule has 0 fully saturated rings. The number of nitrogens with zero attached hydrogens (tertiary/aromatic N) is 2. The summed E-state index contributed by atoms with van der Waals surface area (Å²) in [6, 6.07) is 16.2. The Bertz CT molecular complexity index is 914. The van der Waals surface area contributed by atoms with Gasteiger partial charge in [0.15, 0.2) is 0 Å². The van der Waals surface area contributed by atoms with Crippen molar-refractivity contribution in [1.82, 2.24) is 9.78 Å². The van der Waals surface area contributed by atoms with Crippen LogP contribution in [0.2, 0.25) is 5.02 Å². The Morgan fingerprint density at radius 3 is 2.54 bits per heavy atom. The van der Waals surface area contributed by atoms with Crippen LogP contribution in [0.5, 0.6) is 5.75 Å². The standard InChI is InChI=1S/C21H21ClN2O2/c1-14(2)10-20(26)12-18-13-21(15-6-8-19(25)9-7-15)23-24(18)17-5-3-4-16(22)11-17/h3-9,11,13-14,25H,10,12H2,1-2H3. The maximum atomic E-state index is 12.4. The van der Waals surface area contributed by atoms with Crippen molar-refractivity contribution in [2.24, 2.45) is 5.92 Å². The van der Waals surface area contributed by atoms with Crippen LogP contribution in [0.3, 0.4) is 0 Å². The van der Waals surface area contributed by atoms with Crippen LogP contribution >= 0.6 is 11.6 Å². The molecule has 0 aliphatic carbocycles. The minimum absolute atomic E-state index is 0.181. The molecule has 0 bridgehead atoms. The number of phenolic OH excluding ortho intramolecular Hbond substituents is 1. The molecule has 1 N–H and O–H groups in total. The van der Waals surface area contributed by atoms with Gasteiger partial charge in [-0.1, -0.05) is 31.5 Å². The maximum absolute atomic E-state index is 12.4. The summed E-state index contributed by atoms with van der Waals surface area (Å²) in [6.07, 6.45) is 0.852. The number of carbonyl (C=O) groups is 1. The van der Waals surface area contributed by atoms with Crippen molar-refractivity contribution in [3.05, 3.63) is 65.3 Å². The molecule has 0 saturated carbocycles. The average molecular weight is 369 g/mol. The highest BCUT2D eigenvalue weighted by molar-refractivity contribution is 6.30. The predicted molar refractivity (Wildman–Crippen MR) is 104 cm³/mol. The topological polar surface area (TPSA) is 55.1 Å². The van der Waals surface area contributed by atoms with E-state index in [1.165, 1.54) is 0 Å². The van der Waals surface area contributed by atoms with Crippen molar-refractivity contribution in [3.63, 3.8) is 0 Å². The minimum Gasteiger partial charge on any atom is -0.508 e. The SMILES string of the molecule is CC(C)CC(=O)Cc1cc(-c2ccc(O)cc2)nn1-c1cccc(Cl)c1. The molecule has 0 unspecified atom stereocenters. The monoisotopic (exact) mass is 368 g/mol. The second-order valence-electron chi connectivity index (χ2n) is 6.77. The van der Waals surface area contributed by atoms with Gasteiger partial charge in [-0.15, -0.1) is 0 Å². The summed E-state index contributed by atoms with van der Waals surface area (Å²) in [5, 5.41) is 14.8. The zero-order valence-corrected chi connectivity index (χ0v) is 15.6. The number of Topliss-reactive ketones (excluding diaryl/α,β-unsaturated/α-hetero) is 1. The fourth-order valence-electron chi connectivity index (χ4n) is 2.88. The maximum Gasteiger partial charge on any atom is 0.139 e. The summed E-state index contributed by atoms with van der Waals surface area (Å²) in [6.45, 7) is 4.07. The largest absolute Gasteiger partial charge is 0.508 e. The lowest BCUT2D eigenvalue weighted by Crippen LogP contribution is -2.10. The number of benzene rings is 2. The van der Waals surface area contributed by atoms with Crippen LogP contribution in [-0.4, -0.2) is 20.7 Å². The molecule has 2 aromatic carbocycles. The molecule has 3 rings (SSSR count). The molecule has 3 aromatic rings. The first-order chi connectivity index (χ1) is 12.4. The van der Waals surface area contributed by atoms with E-state index in [9.17, 15) is 9.90 Å². The van der Waals surface area contributed by atoms with E-state index in [4.69, 9.17) is 11.6 Å². The number of hydrogen-bond donors (Lipinski definition) is 1. The van der Waals surface area contributed by atoms with Crippen LogP contribution in [0.1, 0.15) is 26.0 Å². The van der Waals surface area contributed by atoms with Crippen LogP contribution in [-0.2, 0) is 11.2 Å². The van der Waals surface area contributed by atoms with E-state index in [2.05, 4.69) is 5.10 Å². The summed E-state index contributed by atoms with van der Waals surface area (Å²) in [4.78, 5) is 12.4. The van der Waals surface area contributed by atoms with Gasteiger partial charge in [0, 0.05) is 23.4 Å². The average Bonchev–Trinajstić information content (AvgIpc) is 2.98. The Kier molecular flexibility index (Phi) is 5.43. The van der Waals surface area contributed by atoms with Crippen molar-refractivity contribution >= 4 is 17.4 Å². The van der Waals surface area contributed by atoms with Gasteiger partial charge in [-0.25, -0.2) is 4.68 Å². The Morgan fingerprint density at radius 1 is 1.15 bits per heavy atom. The number of halogens is 1. The fourth-order valence-corrected chi connectivity index (χ4v) is 3.06. The van der Waals surface area contributed by atoms with Gasteiger partial charge in [-0.05, 0) is 54.4 Å². The summed E-state index contributed by atoms with van der Waals surface area (Å²) in [5.41, 5.74) is 3.26. The third-order valence-corrected chi connectivity index (χ3v) is 4.25. The Labute approximate surface area is 158 Å². The molecule has 134 valence electrons. The van der Waals surface area contributed by atoms with E-state index < -0.39 is 0 Å². The minimum atomic E-state index is 0.181. The Balaban J connectivity index is 2.02. The number of phenols is 1. The molecule has 0 spiro atoms. The fraction of sp³-hybridized carbons (Fsp3) is 0.238. The van der Waals surface area contributed by atoms with E-state index in [1.54, 1.807) is 35.0 Å². The van der Waals surface area contributed by atoms with E-state index in [0.29, 0.717) is 23.8 Å². The lowest BCUT2D eigenvalue weighted by molar-refractivity contribution is -0.119. The Morgan fingerprint density at radius 2 is 1.88 bits per heavy atom. The molecule has 4 nitrogen and oxygen atoms in total. The number of aromatic nitrogens is 2. The number of carbonyl (C=O) groups excluding carboxylic acids is 1. The second kappa shape index (κ2) is 7.75. The number of ketones is 1. The molecule has 1 aromatic heterocycles. The first-order valence-corrected chi connectivity index (χ1v) is 8.96. The number of rotatable bonds is 6. The highest BCUT2D eigenvalue weighted by Crippen LogP contribution is 2.25. The highest BCUT2D eigenvalue weighted by atomic mass is 35.5. The van der Waals surface area contributed by atoms with Crippen molar-refractivity contribution in [1.29, 1.82) is 0 Å². The van der Waals surface area contributed by atoms with E-state index in [-0.39, 0.29) is 11.5 Å². The third kappa shape index (κ3) is 4.33. The zero-order chi connectivity index (χ0) is 18.7. The van der Waals surface area contributed by atoms with Gasteiger partial charge in [-0.2, -0.15) is 5.10 Å².